The van der Waals surface area contributed by atoms with Gasteiger partial charge in [0.25, 0.3) is 0 Å². The monoisotopic (exact) mass is 271 g/mol. The summed E-state index contributed by atoms with van der Waals surface area (Å²) in [6.07, 6.45) is 0.697. The van der Waals surface area contributed by atoms with Crippen LogP contribution < -0.4 is 5.32 Å². The van der Waals surface area contributed by atoms with Crippen molar-refractivity contribution in [1.82, 2.24) is 5.32 Å². The number of halogens is 3. The second-order valence-corrected chi connectivity index (χ2v) is 5.82. The molecule has 0 aliphatic heterocycles. The van der Waals surface area contributed by atoms with Crippen LogP contribution in [0, 0.1) is 5.41 Å². The van der Waals surface area contributed by atoms with Crippen LogP contribution in [0.1, 0.15) is 43.7 Å². The quantitative estimate of drug-likeness (QED) is 0.857. The van der Waals surface area contributed by atoms with Crippen LogP contribution in [0.5, 0.6) is 0 Å². The fraction of sp³-hybridized carbons (Fsp3) is 0.600. The van der Waals surface area contributed by atoms with Crippen LogP contribution in [-0.2, 0) is 12.7 Å². The predicted molar refractivity (Wildman–Crippen MR) is 69.7 cm³/mol. The van der Waals surface area contributed by atoms with Gasteiger partial charge in [0.1, 0.15) is 0 Å². The molecular weight excluding hydrogens is 251 g/mol. The zero-order valence-electron chi connectivity index (χ0n) is 11.2. The minimum atomic E-state index is -4.26. The lowest BCUT2D eigenvalue weighted by Gasteiger charge is -2.23. The van der Waals surface area contributed by atoms with Crippen molar-refractivity contribution in [3.05, 3.63) is 35.4 Å². The molecule has 106 valence electrons. The van der Waals surface area contributed by atoms with Gasteiger partial charge in [-0.05, 0) is 29.9 Å². The Morgan fingerprint density at radius 1 is 1.21 bits per heavy atom. The molecule has 1 nitrogen and oxygen atoms in total. The van der Waals surface area contributed by atoms with E-state index >= 15 is 0 Å². The summed E-state index contributed by atoms with van der Waals surface area (Å²) in [5.41, 5.74) is 0.442. The van der Waals surface area contributed by atoms with Crippen LogP contribution in [0.3, 0.4) is 0 Å². The van der Waals surface area contributed by atoms with Gasteiger partial charge in [-0.1, -0.05) is 38.0 Å². The van der Waals surface area contributed by atoms with Crippen LogP contribution >= 0.6 is 0 Å². The summed E-state index contributed by atoms with van der Waals surface area (Å²) in [7, 11) is 0. The van der Waals surface area contributed by atoms with E-state index in [1.807, 2.05) is 0 Å². The fourth-order valence-corrected chi connectivity index (χ4v) is 2.77. The number of rotatable bonds is 4. The normalized spacial score (nSPS) is 18.7. The second-order valence-electron chi connectivity index (χ2n) is 5.82. The zero-order valence-corrected chi connectivity index (χ0v) is 11.2. The standard InChI is InChI=1S/C15H20F3N/c1-14(7-2-3-8-14)11-19-10-12-5-4-6-13(9-12)15(16,17)18/h4-6,9,19H,2-3,7-8,10-11H2,1H3. The van der Waals surface area contributed by atoms with E-state index in [2.05, 4.69) is 12.2 Å². The Morgan fingerprint density at radius 2 is 1.89 bits per heavy atom. The Hall–Kier alpha value is -1.03. The Morgan fingerprint density at radius 3 is 2.53 bits per heavy atom. The molecular formula is C15H20F3N. The highest BCUT2D eigenvalue weighted by molar-refractivity contribution is 5.25. The van der Waals surface area contributed by atoms with E-state index in [-0.39, 0.29) is 0 Å². The van der Waals surface area contributed by atoms with Crippen molar-refractivity contribution in [2.75, 3.05) is 6.54 Å². The first-order valence-corrected chi connectivity index (χ1v) is 6.76. The molecule has 2 rings (SSSR count). The SMILES string of the molecule is CC1(CNCc2cccc(C(F)(F)F)c2)CCCC1. The molecule has 0 amide bonds. The summed E-state index contributed by atoms with van der Waals surface area (Å²) in [6.45, 7) is 3.63. The summed E-state index contributed by atoms with van der Waals surface area (Å²) in [5.74, 6) is 0. The third kappa shape index (κ3) is 3.96. The van der Waals surface area contributed by atoms with Gasteiger partial charge in [-0.25, -0.2) is 0 Å². The van der Waals surface area contributed by atoms with Crippen molar-refractivity contribution in [3.63, 3.8) is 0 Å². The minimum Gasteiger partial charge on any atom is -0.312 e. The number of nitrogens with one attached hydrogen (secondary N) is 1. The first-order valence-electron chi connectivity index (χ1n) is 6.76. The Kier molecular flexibility index (Phi) is 4.19. The molecule has 0 radical (unpaired) electrons. The topological polar surface area (TPSA) is 12.0 Å². The lowest BCUT2D eigenvalue weighted by Crippen LogP contribution is -2.29. The van der Waals surface area contributed by atoms with E-state index in [1.54, 1.807) is 6.07 Å². The van der Waals surface area contributed by atoms with E-state index in [1.165, 1.54) is 37.8 Å². The van der Waals surface area contributed by atoms with Crippen LogP contribution in [0.2, 0.25) is 0 Å². The smallest absolute Gasteiger partial charge is 0.312 e. The Bertz CT molecular complexity index is 420. The van der Waals surface area contributed by atoms with Crippen molar-refractivity contribution in [3.8, 4) is 0 Å². The highest BCUT2D eigenvalue weighted by Gasteiger charge is 2.30. The zero-order chi connectivity index (χ0) is 13.9. The average molecular weight is 271 g/mol. The van der Waals surface area contributed by atoms with Crippen molar-refractivity contribution in [2.45, 2.75) is 45.3 Å². The molecule has 4 heteroatoms. The van der Waals surface area contributed by atoms with Crippen LogP contribution in [0.4, 0.5) is 13.2 Å². The molecule has 1 aromatic rings. The van der Waals surface area contributed by atoms with Gasteiger partial charge >= 0.3 is 6.18 Å². The van der Waals surface area contributed by atoms with E-state index < -0.39 is 11.7 Å². The maximum absolute atomic E-state index is 12.6. The number of hydrogen-bond acceptors (Lipinski definition) is 1. The molecule has 1 fully saturated rings. The molecule has 1 aliphatic rings. The Balaban J connectivity index is 1.89. The maximum Gasteiger partial charge on any atom is 0.416 e. The van der Waals surface area contributed by atoms with Crippen molar-refractivity contribution >= 4 is 0 Å². The first-order chi connectivity index (χ1) is 8.89. The molecule has 0 bridgehead atoms. The van der Waals surface area contributed by atoms with Crippen molar-refractivity contribution < 1.29 is 13.2 Å². The highest BCUT2D eigenvalue weighted by atomic mass is 19.4. The predicted octanol–water partition coefficient (Wildman–Crippen LogP) is 4.38. The van der Waals surface area contributed by atoms with Crippen LogP contribution in [0.15, 0.2) is 24.3 Å². The van der Waals surface area contributed by atoms with Gasteiger partial charge in [-0.3, -0.25) is 0 Å². The second kappa shape index (κ2) is 5.53. The number of alkyl halides is 3. The summed E-state index contributed by atoms with van der Waals surface area (Å²) in [5, 5.41) is 3.30. The molecule has 0 unspecified atom stereocenters. The maximum atomic E-state index is 12.6. The van der Waals surface area contributed by atoms with E-state index in [9.17, 15) is 13.2 Å². The van der Waals surface area contributed by atoms with E-state index in [4.69, 9.17) is 0 Å². The van der Waals surface area contributed by atoms with Gasteiger partial charge in [0.2, 0.25) is 0 Å². The van der Waals surface area contributed by atoms with Gasteiger partial charge in [0.15, 0.2) is 0 Å². The first kappa shape index (κ1) is 14.4. The summed E-state index contributed by atoms with van der Waals surface area (Å²) in [4.78, 5) is 0. The van der Waals surface area contributed by atoms with Crippen molar-refractivity contribution in [1.29, 1.82) is 0 Å². The molecule has 19 heavy (non-hydrogen) atoms. The number of benzene rings is 1. The molecule has 0 saturated heterocycles. The molecule has 1 aliphatic carbocycles. The molecule has 0 spiro atoms. The molecule has 0 heterocycles. The third-order valence-corrected chi connectivity index (χ3v) is 3.95. The van der Waals surface area contributed by atoms with Gasteiger partial charge < -0.3 is 5.32 Å². The van der Waals surface area contributed by atoms with E-state index in [0.29, 0.717) is 17.5 Å². The number of hydrogen-bond donors (Lipinski definition) is 1. The molecule has 0 aromatic heterocycles. The lowest BCUT2D eigenvalue weighted by atomic mass is 9.89. The third-order valence-electron chi connectivity index (χ3n) is 3.95. The van der Waals surface area contributed by atoms with E-state index in [0.717, 1.165) is 12.6 Å². The summed E-state index contributed by atoms with van der Waals surface area (Å²) < 4.78 is 37.7. The summed E-state index contributed by atoms with van der Waals surface area (Å²) >= 11 is 0. The fourth-order valence-electron chi connectivity index (χ4n) is 2.77. The molecule has 1 saturated carbocycles. The lowest BCUT2D eigenvalue weighted by molar-refractivity contribution is -0.137. The molecule has 0 atom stereocenters. The van der Waals surface area contributed by atoms with Gasteiger partial charge in [-0.2, -0.15) is 13.2 Å². The molecule has 1 aromatic carbocycles. The van der Waals surface area contributed by atoms with Crippen molar-refractivity contribution in [2.24, 2.45) is 5.41 Å². The average Bonchev–Trinajstić information content (AvgIpc) is 2.76. The van der Waals surface area contributed by atoms with Gasteiger partial charge in [0.05, 0.1) is 5.56 Å². The summed E-state index contributed by atoms with van der Waals surface area (Å²) in [6, 6.07) is 5.54. The van der Waals surface area contributed by atoms with Crippen LogP contribution in [0.25, 0.3) is 0 Å². The van der Waals surface area contributed by atoms with Gasteiger partial charge in [-0.15, -0.1) is 0 Å². The largest absolute Gasteiger partial charge is 0.416 e. The minimum absolute atomic E-state index is 0.321. The Labute approximate surface area is 112 Å². The van der Waals surface area contributed by atoms with Gasteiger partial charge in [0, 0.05) is 13.1 Å². The molecule has 1 N–H and O–H groups in total. The van der Waals surface area contributed by atoms with Crippen LogP contribution in [-0.4, -0.2) is 6.54 Å². The highest BCUT2D eigenvalue weighted by Crippen LogP contribution is 2.36.